The Labute approximate surface area is 213 Å². The van der Waals surface area contributed by atoms with Crippen LogP contribution >= 0.6 is 0 Å². The summed E-state index contributed by atoms with van der Waals surface area (Å²) in [5.41, 5.74) is 0.286. The van der Waals surface area contributed by atoms with Gasteiger partial charge in [0.1, 0.15) is 16.9 Å². The molecular formula is C28H28FN5O3. The second-order valence-electron chi connectivity index (χ2n) is 9.66. The lowest BCUT2D eigenvalue weighted by Gasteiger charge is -2.21. The van der Waals surface area contributed by atoms with Gasteiger partial charge in [-0.3, -0.25) is 28.2 Å². The largest absolute Gasteiger partial charge is 0.352 e. The molecule has 37 heavy (non-hydrogen) atoms. The van der Waals surface area contributed by atoms with Gasteiger partial charge in [0.05, 0.1) is 17.9 Å². The van der Waals surface area contributed by atoms with Crippen LogP contribution in [0.2, 0.25) is 0 Å². The van der Waals surface area contributed by atoms with Crippen molar-refractivity contribution in [1.82, 2.24) is 18.6 Å². The summed E-state index contributed by atoms with van der Waals surface area (Å²) in [6, 6.07) is 5.61. The summed E-state index contributed by atoms with van der Waals surface area (Å²) in [6.45, 7) is 0.544. The number of pyridine rings is 1. The van der Waals surface area contributed by atoms with Crippen LogP contribution in [0.25, 0.3) is 16.7 Å². The molecule has 2 heterocycles. The molecule has 2 aliphatic rings. The maximum absolute atomic E-state index is 15.1. The molecule has 0 unspecified atom stereocenters. The van der Waals surface area contributed by atoms with E-state index in [-0.39, 0.29) is 28.5 Å². The molecule has 0 saturated heterocycles. The number of nitrogens with one attached hydrogen (secondary N) is 1. The summed E-state index contributed by atoms with van der Waals surface area (Å²) in [4.78, 5) is 42.2. The molecule has 8 nitrogen and oxygen atoms in total. The number of hydrogen-bond acceptors (Lipinski definition) is 5. The first-order valence-electron chi connectivity index (χ1n) is 12.2. The van der Waals surface area contributed by atoms with Gasteiger partial charge in [-0.05, 0) is 64.1 Å². The van der Waals surface area contributed by atoms with E-state index < -0.39 is 22.6 Å². The average Bonchev–Trinajstić information content (AvgIpc) is 3.69. The SMILES string of the molecule is CN(C)CC#Cc1ccc(Nc2cc(=O)n(C)c3c2c(=O)n(C2CC2)c(=O)n3C2=CC=CCC2)c(F)c1. The third kappa shape index (κ3) is 4.68. The Morgan fingerprint density at radius 3 is 2.57 bits per heavy atom. The molecule has 190 valence electrons. The van der Waals surface area contributed by atoms with Crippen LogP contribution < -0.4 is 22.1 Å². The molecule has 1 fully saturated rings. The molecule has 9 heteroatoms. The maximum Gasteiger partial charge on any atom is 0.337 e. The minimum atomic E-state index is -0.568. The Morgan fingerprint density at radius 1 is 1.14 bits per heavy atom. The first kappa shape index (κ1) is 24.5. The van der Waals surface area contributed by atoms with Gasteiger partial charge in [-0.25, -0.2) is 9.18 Å². The Hall–Kier alpha value is -4.16. The molecule has 0 radical (unpaired) electrons. The predicted molar refractivity (Wildman–Crippen MR) is 144 cm³/mol. The normalized spacial score (nSPS) is 15.0. The van der Waals surface area contributed by atoms with Gasteiger partial charge in [-0.2, -0.15) is 0 Å². The van der Waals surface area contributed by atoms with Crippen molar-refractivity contribution in [2.75, 3.05) is 26.0 Å². The fourth-order valence-corrected chi connectivity index (χ4v) is 4.49. The molecule has 0 atom stereocenters. The monoisotopic (exact) mass is 501 g/mol. The molecule has 2 aromatic heterocycles. The van der Waals surface area contributed by atoms with Gasteiger partial charge in [0.15, 0.2) is 0 Å². The van der Waals surface area contributed by atoms with Gasteiger partial charge in [-0.1, -0.05) is 24.0 Å². The Morgan fingerprint density at radius 2 is 1.92 bits per heavy atom. The molecule has 3 aromatic rings. The van der Waals surface area contributed by atoms with Crippen molar-refractivity contribution in [2.45, 2.75) is 31.7 Å². The topological polar surface area (TPSA) is 81.3 Å². The number of benzene rings is 1. The number of anilines is 2. The number of fused-ring (bicyclic) bond motifs is 1. The van der Waals surface area contributed by atoms with Crippen LogP contribution in [0.5, 0.6) is 0 Å². The highest BCUT2D eigenvalue weighted by atomic mass is 19.1. The number of halogens is 1. The van der Waals surface area contributed by atoms with E-state index in [0.29, 0.717) is 24.2 Å². The minimum Gasteiger partial charge on any atom is -0.352 e. The number of nitrogens with zero attached hydrogens (tertiary/aromatic N) is 4. The van der Waals surface area contributed by atoms with E-state index in [1.54, 1.807) is 6.07 Å². The van der Waals surface area contributed by atoms with E-state index in [1.165, 1.54) is 38.9 Å². The summed E-state index contributed by atoms with van der Waals surface area (Å²) < 4.78 is 19.1. The van der Waals surface area contributed by atoms with Crippen LogP contribution in [0.15, 0.2) is 56.9 Å². The molecule has 0 spiro atoms. The molecule has 5 rings (SSSR count). The molecule has 1 saturated carbocycles. The van der Waals surface area contributed by atoms with Crippen LogP contribution in [-0.4, -0.2) is 39.2 Å². The summed E-state index contributed by atoms with van der Waals surface area (Å²) >= 11 is 0. The number of aryl methyl sites for hydroxylation is 1. The van der Waals surface area contributed by atoms with Crippen molar-refractivity contribution in [2.24, 2.45) is 7.05 Å². The molecule has 2 aliphatic carbocycles. The van der Waals surface area contributed by atoms with Gasteiger partial charge in [0.2, 0.25) is 0 Å². The fraction of sp³-hybridized carbons (Fsp3) is 0.321. The van der Waals surface area contributed by atoms with Crippen LogP contribution in [0.4, 0.5) is 15.8 Å². The maximum atomic E-state index is 15.1. The number of hydrogen-bond donors (Lipinski definition) is 1. The molecular weight excluding hydrogens is 473 g/mol. The van der Waals surface area contributed by atoms with Gasteiger partial charge in [0.25, 0.3) is 11.1 Å². The zero-order valence-electron chi connectivity index (χ0n) is 21.0. The smallest absolute Gasteiger partial charge is 0.337 e. The van der Waals surface area contributed by atoms with Crippen LogP contribution in [0.1, 0.15) is 37.3 Å². The summed E-state index contributed by atoms with van der Waals surface area (Å²) in [5, 5.41) is 3.12. The molecule has 0 aliphatic heterocycles. The van der Waals surface area contributed by atoms with Gasteiger partial charge >= 0.3 is 5.69 Å². The zero-order valence-corrected chi connectivity index (χ0v) is 21.0. The van der Waals surface area contributed by atoms with Crippen LogP contribution in [0, 0.1) is 17.7 Å². The Kier molecular flexibility index (Phi) is 6.44. The van der Waals surface area contributed by atoms with Crippen LogP contribution in [-0.2, 0) is 7.05 Å². The zero-order chi connectivity index (χ0) is 26.3. The van der Waals surface area contributed by atoms with Crippen molar-refractivity contribution in [3.63, 3.8) is 0 Å². The number of rotatable bonds is 5. The first-order valence-corrected chi connectivity index (χ1v) is 12.2. The van der Waals surface area contributed by atoms with Gasteiger partial charge < -0.3 is 5.32 Å². The summed E-state index contributed by atoms with van der Waals surface area (Å²) in [6.07, 6.45) is 8.48. The van der Waals surface area contributed by atoms with Crippen molar-refractivity contribution in [3.05, 3.63) is 85.1 Å². The van der Waals surface area contributed by atoms with E-state index >= 15 is 4.39 Å². The Balaban J connectivity index is 1.70. The molecule has 0 amide bonds. The number of aromatic nitrogens is 3. The highest BCUT2D eigenvalue weighted by Crippen LogP contribution is 2.34. The van der Waals surface area contributed by atoms with E-state index in [0.717, 1.165) is 19.3 Å². The summed E-state index contributed by atoms with van der Waals surface area (Å²) in [7, 11) is 5.33. The van der Waals surface area contributed by atoms with Crippen molar-refractivity contribution < 1.29 is 4.39 Å². The lowest BCUT2D eigenvalue weighted by atomic mass is 10.1. The number of allylic oxidation sites excluding steroid dienone is 4. The molecule has 1 aromatic carbocycles. The fourth-order valence-electron chi connectivity index (χ4n) is 4.49. The Bertz CT molecular complexity index is 1710. The van der Waals surface area contributed by atoms with E-state index in [1.807, 2.05) is 37.2 Å². The van der Waals surface area contributed by atoms with Crippen molar-refractivity contribution in [3.8, 4) is 11.8 Å². The van der Waals surface area contributed by atoms with E-state index in [9.17, 15) is 14.4 Å². The molecule has 1 N–H and O–H groups in total. The van der Waals surface area contributed by atoms with E-state index in [2.05, 4.69) is 17.2 Å². The first-order chi connectivity index (χ1) is 17.8. The summed E-state index contributed by atoms with van der Waals surface area (Å²) in [5.74, 6) is 5.32. The van der Waals surface area contributed by atoms with Crippen molar-refractivity contribution >= 4 is 28.1 Å². The van der Waals surface area contributed by atoms with Gasteiger partial charge in [-0.15, -0.1) is 0 Å². The highest BCUT2D eigenvalue weighted by molar-refractivity contribution is 5.92. The van der Waals surface area contributed by atoms with Gasteiger partial charge in [0, 0.05) is 30.4 Å². The van der Waals surface area contributed by atoms with E-state index in [4.69, 9.17) is 0 Å². The minimum absolute atomic E-state index is 0.0997. The highest BCUT2D eigenvalue weighted by Gasteiger charge is 2.31. The standard InChI is InChI=1S/C28H28FN5O3/c1-31(2)15-7-8-18-11-14-22(21(29)16-18)30-23-17-24(35)32(3)26-25(23)27(36)34(20-12-13-20)28(37)33(26)19-9-5-4-6-10-19/h4-5,9,11,14,16-17,20,30H,6,10,12-13,15H2,1-3H3. The third-order valence-corrected chi connectivity index (χ3v) is 6.51. The van der Waals surface area contributed by atoms with Crippen LogP contribution in [0.3, 0.4) is 0 Å². The van der Waals surface area contributed by atoms with Crippen molar-refractivity contribution in [1.29, 1.82) is 0 Å². The molecule has 0 bridgehead atoms. The lowest BCUT2D eigenvalue weighted by Crippen LogP contribution is -2.41. The predicted octanol–water partition coefficient (Wildman–Crippen LogP) is 3.18. The quantitative estimate of drug-likeness (QED) is 0.543. The second kappa shape index (κ2) is 9.71. The third-order valence-electron chi connectivity index (χ3n) is 6.51. The lowest BCUT2D eigenvalue weighted by molar-refractivity contribution is 0.464. The average molecular weight is 502 g/mol. The second-order valence-corrected chi connectivity index (χ2v) is 9.66.